The molecule has 0 amide bonds. The number of unbranched alkanes of at least 4 members (excludes halogenated alkanes) is 1. The third-order valence-corrected chi connectivity index (χ3v) is 2.91. The van der Waals surface area contributed by atoms with E-state index in [1.165, 1.54) is 30.2 Å². The van der Waals surface area contributed by atoms with Crippen molar-refractivity contribution in [3.8, 4) is 0 Å². The topological polar surface area (TPSA) is 46.9 Å². The van der Waals surface area contributed by atoms with Gasteiger partial charge in [0.2, 0.25) is 0 Å². The molecule has 4 heteroatoms. The summed E-state index contributed by atoms with van der Waals surface area (Å²) in [7, 11) is 0. The van der Waals surface area contributed by atoms with E-state index in [2.05, 4.69) is 17.2 Å². The highest BCUT2D eigenvalue weighted by molar-refractivity contribution is 5.90. The number of hydrogen-bond donors (Lipinski definition) is 1. The van der Waals surface area contributed by atoms with Crippen molar-refractivity contribution in [3.63, 3.8) is 0 Å². The van der Waals surface area contributed by atoms with Crippen molar-refractivity contribution in [1.29, 1.82) is 0 Å². The first-order chi connectivity index (χ1) is 8.31. The van der Waals surface area contributed by atoms with E-state index in [-0.39, 0.29) is 5.91 Å². The lowest BCUT2D eigenvalue weighted by Gasteiger charge is -2.09. The molecule has 1 fully saturated rings. The predicted octanol–water partition coefficient (Wildman–Crippen LogP) is 2.21. The molecule has 1 aromatic heterocycles. The largest absolute Gasteiger partial charge is 0.388 e. The van der Waals surface area contributed by atoms with Crippen LogP contribution in [0.15, 0.2) is 30.5 Å². The summed E-state index contributed by atoms with van der Waals surface area (Å²) in [5.74, 6) is 0.549. The summed E-state index contributed by atoms with van der Waals surface area (Å²) in [6, 6.07) is 0. The van der Waals surface area contributed by atoms with Gasteiger partial charge >= 0.3 is 0 Å². The van der Waals surface area contributed by atoms with Crippen molar-refractivity contribution in [3.05, 3.63) is 30.5 Å². The van der Waals surface area contributed by atoms with E-state index < -0.39 is 0 Å². The molecule has 0 radical (unpaired) electrons. The molecule has 17 heavy (non-hydrogen) atoms. The third kappa shape index (κ3) is 3.44. The fraction of sp³-hybridized carbons (Fsp3) is 0.538. The van der Waals surface area contributed by atoms with E-state index in [4.69, 9.17) is 0 Å². The Labute approximate surface area is 102 Å². The first kappa shape index (κ1) is 11.9. The Morgan fingerprint density at radius 1 is 1.59 bits per heavy atom. The Morgan fingerprint density at radius 3 is 3.00 bits per heavy atom. The fourth-order valence-electron chi connectivity index (χ4n) is 1.71. The molecule has 92 valence electrons. The minimum atomic E-state index is -0.0200. The summed E-state index contributed by atoms with van der Waals surface area (Å²) in [5, 5.41) is 3.38. The second-order valence-corrected chi connectivity index (χ2v) is 4.46. The van der Waals surface area contributed by atoms with Gasteiger partial charge in [0.05, 0.1) is 0 Å². The van der Waals surface area contributed by atoms with Gasteiger partial charge in [0.1, 0.15) is 6.33 Å². The molecule has 0 spiro atoms. The van der Waals surface area contributed by atoms with E-state index >= 15 is 0 Å². The van der Waals surface area contributed by atoms with E-state index in [1.807, 2.05) is 0 Å². The maximum Gasteiger partial charge on any atom is 0.257 e. The Bertz CT molecular complexity index is 391. The highest BCUT2D eigenvalue weighted by atomic mass is 16.1. The number of rotatable bonds is 6. The zero-order chi connectivity index (χ0) is 12.1. The first-order valence-electron chi connectivity index (χ1n) is 6.29. The molecule has 0 unspecified atom stereocenters. The van der Waals surface area contributed by atoms with Crippen LogP contribution in [0.5, 0.6) is 0 Å². The van der Waals surface area contributed by atoms with E-state index in [1.54, 1.807) is 18.5 Å². The molecule has 1 saturated carbocycles. The van der Waals surface area contributed by atoms with Gasteiger partial charge in [-0.2, -0.15) is 0 Å². The predicted molar refractivity (Wildman–Crippen MR) is 66.6 cm³/mol. The average molecular weight is 233 g/mol. The summed E-state index contributed by atoms with van der Waals surface area (Å²) < 4.78 is 1.50. The lowest BCUT2D eigenvalue weighted by molar-refractivity contribution is 0.0967. The summed E-state index contributed by atoms with van der Waals surface area (Å²) in [5.41, 5.74) is 1.09. The first-order valence-corrected chi connectivity index (χ1v) is 6.29. The van der Waals surface area contributed by atoms with E-state index in [9.17, 15) is 4.79 Å². The van der Waals surface area contributed by atoms with E-state index in [0.29, 0.717) is 5.92 Å². The quantitative estimate of drug-likeness (QED) is 0.605. The fourth-order valence-corrected chi connectivity index (χ4v) is 1.71. The van der Waals surface area contributed by atoms with Gasteiger partial charge in [-0.25, -0.2) is 4.98 Å². The Morgan fingerprint density at radius 2 is 2.41 bits per heavy atom. The van der Waals surface area contributed by atoms with Crippen LogP contribution >= 0.6 is 0 Å². The molecule has 1 N–H and O–H groups in total. The Kier molecular flexibility index (Phi) is 3.96. The van der Waals surface area contributed by atoms with Crippen molar-refractivity contribution >= 4 is 5.91 Å². The maximum atomic E-state index is 11.9. The van der Waals surface area contributed by atoms with Gasteiger partial charge in [-0.15, -0.1) is 0 Å². The van der Waals surface area contributed by atoms with Crippen LogP contribution in [-0.4, -0.2) is 22.0 Å². The summed E-state index contributed by atoms with van der Waals surface area (Å²) in [6.45, 7) is 3.12. The Balaban J connectivity index is 1.97. The van der Waals surface area contributed by atoms with E-state index in [0.717, 1.165) is 18.7 Å². The third-order valence-electron chi connectivity index (χ3n) is 2.91. The smallest absolute Gasteiger partial charge is 0.257 e. The number of carbonyl (C=O) groups is 1. The molecule has 0 aliphatic heterocycles. The van der Waals surface area contributed by atoms with Crippen LogP contribution in [0.2, 0.25) is 0 Å². The summed E-state index contributed by atoms with van der Waals surface area (Å²) >= 11 is 0. The van der Waals surface area contributed by atoms with Crippen LogP contribution in [0, 0.1) is 5.92 Å². The number of allylic oxidation sites excluding steroid dienone is 2. The van der Waals surface area contributed by atoms with Gasteiger partial charge in [-0.05, 0) is 25.2 Å². The number of aromatic nitrogens is 2. The minimum absolute atomic E-state index is 0.0200. The molecule has 1 aromatic rings. The number of carbonyl (C=O) groups excluding carboxylic acids is 1. The lowest BCUT2D eigenvalue weighted by Crippen LogP contribution is -2.18. The lowest BCUT2D eigenvalue weighted by atomic mass is 10.2. The highest BCUT2D eigenvalue weighted by Crippen LogP contribution is 2.35. The van der Waals surface area contributed by atoms with Crippen LogP contribution in [0.4, 0.5) is 0 Å². The summed E-state index contributed by atoms with van der Waals surface area (Å²) in [6.07, 6.45) is 11.3. The molecule has 0 aromatic carbocycles. The standard InChI is InChI=1S/C13H19N3O/c1-2-3-6-15-12(11-4-5-11)9-13(17)16-8-7-14-10-16/h7-11,15H,2-6H2,1H3/b12-9-. The number of nitrogens with zero attached hydrogens (tertiary/aromatic N) is 2. The van der Waals surface area contributed by atoms with Crippen molar-refractivity contribution < 1.29 is 4.79 Å². The SMILES string of the molecule is CCCCN/C(=C\C(=O)n1ccnc1)C1CC1. The second kappa shape index (κ2) is 5.66. The summed E-state index contributed by atoms with van der Waals surface area (Å²) in [4.78, 5) is 15.8. The van der Waals surface area contributed by atoms with Crippen molar-refractivity contribution in [2.24, 2.45) is 5.92 Å². The molecular formula is C13H19N3O. The van der Waals surface area contributed by atoms with Gasteiger partial charge in [-0.1, -0.05) is 13.3 Å². The monoisotopic (exact) mass is 233 g/mol. The van der Waals surface area contributed by atoms with Gasteiger partial charge < -0.3 is 5.32 Å². The van der Waals surface area contributed by atoms with Crippen molar-refractivity contribution in [2.75, 3.05) is 6.54 Å². The molecule has 4 nitrogen and oxygen atoms in total. The van der Waals surface area contributed by atoms with Crippen LogP contribution in [-0.2, 0) is 0 Å². The van der Waals surface area contributed by atoms with Crippen LogP contribution in [0.1, 0.15) is 37.4 Å². The zero-order valence-electron chi connectivity index (χ0n) is 10.2. The number of nitrogens with one attached hydrogen (secondary N) is 1. The second-order valence-electron chi connectivity index (χ2n) is 4.46. The molecule has 1 aliphatic carbocycles. The van der Waals surface area contributed by atoms with Gasteiger partial charge in [0.25, 0.3) is 5.91 Å². The molecular weight excluding hydrogens is 214 g/mol. The molecule has 0 saturated heterocycles. The molecule has 1 heterocycles. The maximum absolute atomic E-state index is 11.9. The van der Waals surface area contributed by atoms with Crippen molar-refractivity contribution in [1.82, 2.24) is 14.9 Å². The highest BCUT2D eigenvalue weighted by Gasteiger charge is 2.26. The average Bonchev–Trinajstić information content (AvgIpc) is 3.02. The molecule has 0 atom stereocenters. The number of hydrogen-bond acceptors (Lipinski definition) is 3. The van der Waals surface area contributed by atoms with Crippen LogP contribution in [0.25, 0.3) is 0 Å². The minimum Gasteiger partial charge on any atom is -0.388 e. The van der Waals surface area contributed by atoms with Gasteiger partial charge in [0.15, 0.2) is 0 Å². The molecule has 2 rings (SSSR count). The Hall–Kier alpha value is -1.58. The zero-order valence-corrected chi connectivity index (χ0v) is 10.2. The normalized spacial score (nSPS) is 15.9. The molecule has 0 bridgehead atoms. The van der Waals surface area contributed by atoms with Gasteiger partial charge in [0, 0.05) is 30.7 Å². The number of imidazole rings is 1. The van der Waals surface area contributed by atoms with Crippen LogP contribution < -0.4 is 5.32 Å². The molecule has 1 aliphatic rings. The van der Waals surface area contributed by atoms with Crippen LogP contribution in [0.3, 0.4) is 0 Å². The van der Waals surface area contributed by atoms with Gasteiger partial charge in [-0.3, -0.25) is 9.36 Å². The van der Waals surface area contributed by atoms with Crippen molar-refractivity contribution in [2.45, 2.75) is 32.6 Å².